The maximum absolute atomic E-state index is 11.5. The molecule has 1 aromatic heterocycles. The molecule has 1 saturated heterocycles. The van der Waals surface area contributed by atoms with Gasteiger partial charge < -0.3 is 14.6 Å². The summed E-state index contributed by atoms with van der Waals surface area (Å²) in [5.41, 5.74) is 8.86. The van der Waals surface area contributed by atoms with Crippen LogP contribution in [0.2, 0.25) is 0 Å². The van der Waals surface area contributed by atoms with Crippen LogP contribution in [0.25, 0.3) is 10.9 Å². The summed E-state index contributed by atoms with van der Waals surface area (Å²) in [6.07, 6.45) is 1.28. The SMILES string of the molecule is CCC(=O)NC1CC(c2cc3ccc(OC)cc3n2CC)NN1. The predicted molar refractivity (Wildman–Crippen MR) is 90.0 cm³/mol. The minimum Gasteiger partial charge on any atom is -0.497 e. The molecule has 2 aromatic rings. The van der Waals surface area contributed by atoms with Crippen molar-refractivity contribution in [1.82, 2.24) is 20.7 Å². The second kappa shape index (κ2) is 6.60. The molecule has 6 heteroatoms. The molecule has 1 amide bonds. The Labute approximate surface area is 136 Å². The van der Waals surface area contributed by atoms with E-state index in [-0.39, 0.29) is 18.1 Å². The third kappa shape index (κ3) is 3.04. The maximum Gasteiger partial charge on any atom is 0.220 e. The fraction of sp³-hybridized carbons (Fsp3) is 0.471. The van der Waals surface area contributed by atoms with E-state index in [1.54, 1.807) is 7.11 Å². The minimum absolute atomic E-state index is 0.0368. The highest BCUT2D eigenvalue weighted by molar-refractivity contribution is 5.83. The highest BCUT2D eigenvalue weighted by Crippen LogP contribution is 2.30. The molecule has 0 radical (unpaired) electrons. The lowest BCUT2D eigenvalue weighted by molar-refractivity contribution is -0.121. The normalized spacial score (nSPS) is 20.8. The van der Waals surface area contributed by atoms with Crippen molar-refractivity contribution in [3.63, 3.8) is 0 Å². The van der Waals surface area contributed by atoms with E-state index in [2.05, 4.69) is 45.9 Å². The first-order valence-corrected chi connectivity index (χ1v) is 8.13. The molecule has 2 unspecified atom stereocenters. The van der Waals surface area contributed by atoms with Crippen LogP contribution in [0, 0.1) is 0 Å². The van der Waals surface area contributed by atoms with E-state index in [4.69, 9.17) is 4.74 Å². The molecule has 0 spiro atoms. The summed E-state index contributed by atoms with van der Waals surface area (Å²) in [4.78, 5) is 11.5. The van der Waals surface area contributed by atoms with Crippen molar-refractivity contribution in [2.75, 3.05) is 7.11 Å². The van der Waals surface area contributed by atoms with Crippen LogP contribution in [0.1, 0.15) is 38.4 Å². The average molecular weight is 316 g/mol. The number of hydrazine groups is 1. The molecule has 2 atom stereocenters. The van der Waals surface area contributed by atoms with Gasteiger partial charge in [0.25, 0.3) is 0 Å². The molecular weight excluding hydrogens is 292 g/mol. The van der Waals surface area contributed by atoms with Crippen LogP contribution in [-0.2, 0) is 11.3 Å². The number of fused-ring (bicyclic) bond motifs is 1. The third-order valence-corrected chi connectivity index (χ3v) is 4.38. The van der Waals surface area contributed by atoms with Crippen LogP contribution in [0.4, 0.5) is 0 Å². The van der Waals surface area contributed by atoms with E-state index in [0.29, 0.717) is 6.42 Å². The van der Waals surface area contributed by atoms with Crippen LogP contribution in [0.15, 0.2) is 24.3 Å². The largest absolute Gasteiger partial charge is 0.497 e. The number of nitrogens with one attached hydrogen (secondary N) is 3. The Morgan fingerprint density at radius 3 is 2.87 bits per heavy atom. The summed E-state index contributed by atoms with van der Waals surface area (Å²) in [5.74, 6) is 0.924. The number of amides is 1. The Kier molecular flexibility index (Phi) is 4.54. The lowest BCUT2D eigenvalue weighted by Crippen LogP contribution is -2.43. The second-order valence-electron chi connectivity index (χ2n) is 5.79. The summed E-state index contributed by atoms with van der Waals surface area (Å²) in [5, 5.41) is 4.18. The van der Waals surface area contributed by atoms with E-state index in [0.717, 1.165) is 18.7 Å². The molecule has 1 aromatic carbocycles. The van der Waals surface area contributed by atoms with E-state index in [1.807, 2.05) is 13.0 Å². The molecule has 1 aliphatic heterocycles. The van der Waals surface area contributed by atoms with Crippen LogP contribution < -0.4 is 20.9 Å². The van der Waals surface area contributed by atoms with Gasteiger partial charge in [0.15, 0.2) is 0 Å². The monoisotopic (exact) mass is 316 g/mol. The number of methoxy groups -OCH3 is 1. The first kappa shape index (κ1) is 15.8. The van der Waals surface area contributed by atoms with Gasteiger partial charge in [-0.1, -0.05) is 6.92 Å². The van der Waals surface area contributed by atoms with E-state index in [9.17, 15) is 4.79 Å². The van der Waals surface area contributed by atoms with E-state index < -0.39 is 0 Å². The summed E-state index contributed by atoms with van der Waals surface area (Å²) < 4.78 is 7.63. The number of ether oxygens (including phenoxy) is 1. The van der Waals surface area contributed by atoms with Crippen LogP contribution in [0.5, 0.6) is 5.75 Å². The number of aromatic nitrogens is 1. The number of hydrogen-bond donors (Lipinski definition) is 3. The van der Waals surface area contributed by atoms with Crippen molar-refractivity contribution in [3.8, 4) is 5.75 Å². The molecule has 124 valence electrons. The van der Waals surface area contributed by atoms with Crippen molar-refractivity contribution in [3.05, 3.63) is 30.0 Å². The summed E-state index contributed by atoms with van der Waals surface area (Å²) >= 11 is 0. The number of carbonyl (C=O) groups excluding carboxylic acids is 1. The number of rotatable bonds is 5. The summed E-state index contributed by atoms with van der Waals surface area (Å²) in [7, 11) is 1.69. The predicted octanol–water partition coefficient (Wildman–Crippen LogP) is 2.06. The Bertz CT molecular complexity index is 710. The highest BCUT2D eigenvalue weighted by atomic mass is 16.5. The van der Waals surface area contributed by atoms with Crippen molar-refractivity contribution in [2.45, 2.75) is 45.4 Å². The van der Waals surface area contributed by atoms with Gasteiger partial charge in [0.05, 0.1) is 24.8 Å². The van der Waals surface area contributed by atoms with Crippen molar-refractivity contribution >= 4 is 16.8 Å². The molecular formula is C17H24N4O2. The molecule has 2 heterocycles. The Morgan fingerprint density at radius 1 is 1.35 bits per heavy atom. The average Bonchev–Trinajstić information content (AvgIpc) is 3.17. The van der Waals surface area contributed by atoms with Gasteiger partial charge in [-0.15, -0.1) is 0 Å². The highest BCUT2D eigenvalue weighted by Gasteiger charge is 2.28. The number of nitrogens with zero attached hydrogens (tertiary/aromatic N) is 1. The fourth-order valence-electron chi connectivity index (χ4n) is 3.17. The first-order valence-electron chi connectivity index (χ1n) is 8.13. The van der Waals surface area contributed by atoms with E-state index in [1.165, 1.54) is 16.6 Å². The topological polar surface area (TPSA) is 67.3 Å². The van der Waals surface area contributed by atoms with Gasteiger partial charge in [0, 0.05) is 36.5 Å². The fourth-order valence-corrected chi connectivity index (χ4v) is 3.17. The maximum atomic E-state index is 11.5. The molecule has 3 rings (SSSR count). The summed E-state index contributed by atoms with van der Waals surface area (Å²) in [6, 6.07) is 8.51. The Hall–Kier alpha value is -2.05. The van der Waals surface area contributed by atoms with Crippen molar-refractivity contribution < 1.29 is 9.53 Å². The smallest absolute Gasteiger partial charge is 0.220 e. The molecule has 0 aliphatic carbocycles. The molecule has 6 nitrogen and oxygen atoms in total. The van der Waals surface area contributed by atoms with Gasteiger partial charge in [-0.3, -0.25) is 4.79 Å². The van der Waals surface area contributed by atoms with Gasteiger partial charge in [-0.2, -0.15) is 0 Å². The molecule has 3 N–H and O–H groups in total. The molecule has 0 saturated carbocycles. The van der Waals surface area contributed by atoms with Gasteiger partial charge in [-0.05, 0) is 25.1 Å². The van der Waals surface area contributed by atoms with Gasteiger partial charge in [0.1, 0.15) is 5.75 Å². The second-order valence-corrected chi connectivity index (χ2v) is 5.79. The minimum atomic E-state index is -0.0368. The quantitative estimate of drug-likeness (QED) is 0.790. The lowest BCUT2D eigenvalue weighted by Gasteiger charge is -2.14. The number of carbonyl (C=O) groups is 1. The van der Waals surface area contributed by atoms with Crippen LogP contribution in [-0.4, -0.2) is 23.7 Å². The molecule has 23 heavy (non-hydrogen) atoms. The van der Waals surface area contributed by atoms with Crippen LogP contribution in [0.3, 0.4) is 0 Å². The van der Waals surface area contributed by atoms with Crippen molar-refractivity contribution in [2.24, 2.45) is 0 Å². The first-order chi connectivity index (χ1) is 11.2. The zero-order valence-corrected chi connectivity index (χ0v) is 13.8. The molecule has 0 bridgehead atoms. The molecule has 1 aliphatic rings. The van der Waals surface area contributed by atoms with Gasteiger partial charge >= 0.3 is 0 Å². The number of hydrogen-bond acceptors (Lipinski definition) is 4. The number of aryl methyl sites for hydroxylation is 1. The Morgan fingerprint density at radius 2 is 2.17 bits per heavy atom. The number of benzene rings is 1. The van der Waals surface area contributed by atoms with E-state index >= 15 is 0 Å². The molecule has 1 fully saturated rings. The third-order valence-electron chi connectivity index (χ3n) is 4.38. The standard InChI is InChI=1S/C17H24N4O2/c1-4-17(22)18-16-10-13(19-20-16)15-8-11-6-7-12(23-3)9-14(11)21(15)5-2/h6-9,13,16,19-20H,4-5,10H2,1-3H3,(H,18,22). The lowest BCUT2D eigenvalue weighted by atomic mass is 10.1. The Balaban J connectivity index is 1.87. The van der Waals surface area contributed by atoms with Crippen LogP contribution >= 0.6 is 0 Å². The zero-order valence-electron chi connectivity index (χ0n) is 13.8. The summed E-state index contributed by atoms with van der Waals surface area (Å²) in [6.45, 7) is 4.88. The van der Waals surface area contributed by atoms with Crippen molar-refractivity contribution in [1.29, 1.82) is 0 Å². The van der Waals surface area contributed by atoms with Gasteiger partial charge in [-0.25, -0.2) is 10.9 Å². The zero-order chi connectivity index (χ0) is 16.4. The van der Waals surface area contributed by atoms with Gasteiger partial charge in [0.2, 0.25) is 5.91 Å².